The molecule has 1 N–H and O–H groups in total. The molecule has 1 aliphatic carbocycles. The van der Waals surface area contributed by atoms with Crippen molar-refractivity contribution in [3.63, 3.8) is 0 Å². The van der Waals surface area contributed by atoms with Crippen LogP contribution in [0.25, 0.3) is 0 Å². The molecule has 0 aliphatic heterocycles. The van der Waals surface area contributed by atoms with Gasteiger partial charge in [-0.2, -0.15) is 0 Å². The number of carbonyl (C=O) groups is 1. The van der Waals surface area contributed by atoms with Crippen LogP contribution in [-0.4, -0.2) is 42.2 Å². The summed E-state index contributed by atoms with van der Waals surface area (Å²) in [5.74, 6) is -0.762. The Morgan fingerprint density at radius 2 is 1.50 bits per heavy atom. The van der Waals surface area contributed by atoms with E-state index in [0.29, 0.717) is 12.8 Å². The molecule has 3 nitrogen and oxygen atoms in total. The molecule has 4 heteroatoms. The number of allylic oxidation sites excluding steroid dienone is 1. The van der Waals surface area contributed by atoms with Gasteiger partial charge in [-0.1, -0.05) is 0 Å². The van der Waals surface area contributed by atoms with Gasteiger partial charge in [0.25, 0.3) is 0 Å². The number of rotatable bonds is 14. The quantitative estimate of drug-likeness (QED) is 0.160. The molecule has 1 saturated carbocycles. The van der Waals surface area contributed by atoms with Gasteiger partial charge in [0.2, 0.25) is 0 Å². The van der Waals surface area contributed by atoms with Gasteiger partial charge < -0.3 is 0 Å². The predicted octanol–water partition coefficient (Wildman–Crippen LogP) is 6.88. The Hall–Kier alpha value is -0.0313. The second kappa shape index (κ2) is 14.1. The monoisotopic (exact) mass is 502 g/mol. The first kappa shape index (κ1) is 26.0. The average molecular weight is 501 g/mol. The zero-order valence-corrected chi connectivity index (χ0v) is 22.0. The van der Waals surface area contributed by atoms with E-state index in [1.165, 1.54) is 63.4 Å². The molecule has 0 radical (unpaired) electrons. The first-order valence-electron chi connectivity index (χ1n) is 11.9. The summed E-state index contributed by atoms with van der Waals surface area (Å²) in [6.07, 6.45) is 16.9. The normalized spacial score (nSPS) is 18.3. The minimum absolute atomic E-state index is 0.267. The molecule has 28 heavy (non-hydrogen) atoms. The van der Waals surface area contributed by atoms with Gasteiger partial charge in [-0.05, 0) is 0 Å². The maximum absolute atomic E-state index is 12.5. The third-order valence-corrected chi connectivity index (χ3v) is 22.1. The van der Waals surface area contributed by atoms with E-state index in [0.717, 1.165) is 19.3 Å². The first-order valence-corrected chi connectivity index (χ1v) is 20.0. The summed E-state index contributed by atoms with van der Waals surface area (Å²) in [5.41, 5.74) is -0.906. The van der Waals surface area contributed by atoms with Gasteiger partial charge in [-0.15, -0.1) is 0 Å². The van der Waals surface area contributed by atoms with E-state index in [2.05, 4.69) is 26.8 Å². The Morgan fingerprint density at radius 3 is 1.93 bits per heavy atom. The molecule has 0 unspecified atom stereocenters. The Morgan fingerprint density at radius 1 is 1.00 bits per heavy atom. The fraction of sp³-hybridized carbons (Fsp3) is 0.875. The van der Waals surface area contributed by atoms with Crippen molar-refractivity contribution in [1.29, 1.82) is 0 Å². The number of hydrogen-bond acceptors (Lipinski definition) is 3. The molecule has 0 spiro atoms. The maximum atomic E-state index is 12.5. The minimum atomic E-state index is -2.24. The van der Waals surface area contributed by atoms with Crippen LogP contribution in [0.15, 0.2) is 12.2 Å². The van der Waals surface area contributed by atoms with Crippen LogP contribution < -0.4 is 0 Å². The van der Waals surface area contributed by atoms with Gasteiger partial charge in [-0.25, -0.2) is 0 Å². The molecule has 0 aromatic rings. The standard InChI is InChI=1S/C12H19O3.3C4H9.Sn/c1-3-7-10(11(13)15-2)12(14)8-5-4-6-9-12;3*1-3-4-2;/h3,7,10,14H,1,4-6,8-9H2,2H3;3*1,3-4H2,2H3;/b7-3+;;;;/t10-;;;;/m0..../s1. The van der Waals surface area contributed by atoms with Crippen molar-refractivity contribution in [2.24, 2.45) is 5.92 Å². The molecule has 1 fully saturated rings. The third-order valence-electron chi connectivity index (χ3n) is 6.81. The van der Waals surface area contributed by atoms with Gasteiger partial charge in [0.05, 0.1) is 0 Å². The van der Waals surface area contributed by atoms with Crippen molar-refractivity contribution in [2.45, 2.75) is 115 Å². The molecular formula is C24H46O3Sn. The van der Waals surface area contributed by atoms with Crippen molar-refractivity contribution < 1.29 is 14.6 Å². The Labute approximate surface area is 178 Å². The van der Waals surface area contributed by atoms with Crippen molar-refractivity contribution in [3.05, 3.63) is 12.2 Å². The molecule has 0 heterocycles. The number of ether oxygens (including phenoxy) is 1. The number of methoxy groups -OCH3 is 1. The Balaban J connectivity index is 2.96. The number of esters is 1. The molecule has 0 amide bonds. The second-order valence-corrected chi connectivity index (χ2v) is 23.1. The van der Waals surface area contributed by atoms with Crippen molar-refractivity contribution >= 4 is 24.3 Å². The summed E-state index contributed by atoms with van der Waals surface area (Å²) >= 11 is -2.24. The van der Waals surface area contributed by atoms with Gasteiger partial charge in [0.15, 0.2) is 0 Å². The van der Waals surface area contributed by atoms with E-state index in [4.69, 9.17) is 4.74 Å². The van der Waals surface area contributed by atoms with Crippen LogP contribution in [0.1, 0.15) is 91.4 Å². The van der Waals surface area contributed by atoms with Crippen LogP contribution >= 0.6 is 0 Å². The molecule has 0 bridgehead atoms. The van der Waals surface area contributed by atoms with E-state index in [1.54, 1.807) is 0 Å². The van der Waals surface area contributed by atoms with Crippen LogP contribution in [0.5, 0.6) is 0 Å². The van der Waals surface area contributed by atoms with E-state index >= 15 is 0 Å². The molecule has 0 aromatic carbocycles. The fourth-order valence-electron chi connectivity index (χ4n) is 4.87. The number of hydrogen-bond donors (Lipinski definition) is 1. The first-order chi connectivity index (χ1) is 13.5. The molecule has 164 valence electrons. The SMILES string of the molecule is CCC[CH2][Sn]([CH2]/C=C/[C@@H](C(=O)OC)C1(O)CCCCC1)([CH2]CCC)[CH2]CCC. The van der Waals surface area contributed by atoms with Gasteiger partial charge >= 0.3 is 179 Å². The van der Waals surface area contributed by atoms with Gasteiger partial charge in [-0.3, -0.25) is 0 Å². The molecule has 0 aromatic heterocycles. The van der Waals surface area contributed by atoms with E-state index < -0.39 is 29.9 Å². The van der Waals surface area contributed by atoms with Crippen LogP contribution in [0.4, 0.5) is 0 Å². The summed E-state index contributed by atoms with van der Waals surface area (Å²) in [5, 5.41) is 11.2. The number of carbonyl (C=O) groups excluding carboxylic acids is 1. The third kappa shape index (κ3) is 8.37. The number of aliphatic hydroxyl groups is 1. The van der Waals surface area contributed by atoms with Crippen LogP contribution in [0.2, 0.25) is 17.7 Å². The molecule has 1 aliphatic rings. The molecule has 1 rings (SSSR count). The Kier molecular flexibility index (Phi) is 13.1. The van der Waals surface area contributed by atoms with Crippen LogP contribution in [-0.2, 0) is 9.53 Å². The molecule has 0 saturated heterocycles. The van der Waals surface area contributed by atoms with Crippen LogP contribution in [0.3, 0.4) is 0 Å². The fourth-order valence-corrected chi connectivity index (χ4v) is 20.0. The number of unbranched alkanes of at least 4 members (excludes halogenated alkanes) is 3. The Bertz CT molecular complexity index is 433. The van der Waals surface area contributed by atoms with Crippen molar-refractivity contribution in [3.8, 4) is 0 Å². The zero-order valence-electron chi connectivity index (χ0n) is 19.1. The average Bonchev–Trinajstić information content (AvgIpc) is 2.71. The summed E-state index contributed by atoms with van der Waals surface area (Å²) < 4.78 is 10.7. The van der Waals surface area contributed by atoms with E-state index in [9.17, 15) is 9.90 Å². The molecule has 1 atom stereocenters. The van der Waals surface area contributed by atoms with E-state index in [-0.39, 0.29) is 5.97 Å². The second-order valence-electron chi connectivity index (χ2n) is 9.11. The van der Waals surface area contributed by atoms with Crippen molar-refractivity contribution in [2.75, 3.05) is 7.11 Å². The summed E-state index contributed by atoms with van der Waals surface area (Å²) in [6.45, 7) is 6.91. The summed E-state index contributed by atoms with van der Waals surface area (Å²) in [7, 11) is 1.45. The predicted molar refractivity (Wildman–Crippen MR) is 122 cm³/mol. The topological polar surface area (TPSA) is 46.5 Å². The van der Waals surface area contributed by atoms with Crippen LogP contribution in [0, 0.1) is 5.92 Å². The van der Waals surface area contributed by atoms with Gasteiger partial charge in [0, 0.05) is 0 Å². The summed E-state index contributed by atoms with van der Waals surface area (Å²) in [4.78, 5) is 12.5. The van der Waals surface area contributed by atoms with E-state index in [1.807, 2.05) is 6.08 Å². The van der Waals surface area contributed by atoms with Gasteiger partial charge in [0.1, 0.15) is 0 Å². The zero-order chi connectivity index (χ0) is 20.9. The van der Waals surface area contributed by atoms with Crippen molar-refractivity contribution in [1.82, 2.24) is 0 Å². The molecular weight excluding hydrogens is 455 g/mol. The summed E-state index contributed by atoms with van der Waals surface area (Å²) in [6, 6.07) is 0.